The maximum absolute atomic E-state index is 13.1. The van der Waals surface area contributed by atoms with Gasteiger partial charge < -0.3 is 25.3 Å². The molecule has 35 heavy (non-hydrogen) atoms. The lowest BCUT2D eigenvalue weighted by Crippen LogP contribution is -2.45. The van der Waals surface area contributed by atoms with Crippen LogP contribution in [0.5, 0.6) is 0 Å². The van der Waals surface area contributed by atoms with Crippen LogP contribution in [-0.2, 0) is 22.4 Å². The number of hydrogen-bond donors (Lipinski definition) is 4. The van der Waals surface area contributed by atoms with Crippen molar-refractivity contribution < 1.29 is 33.8 Å². The molecule has 0 bridgehead atoms. The number of carboxylic acid groups (broad SMARTS) is 2. The number of carbonyl (C=O) groups excluding carboxylic acids is 2. The van der Waals surface area contributed by atoms with E-state index in [0.29, 0.717) is 11.1 Å². The zero-order valence-electron chi connectivity index (χ0n) is 19.3. The Labute approximate surface area is 201 Å². The summed E-state index contributed by atoms with van der Waals surface area (Å²) < 4.78 is 5.49. The highest BCUT2D eigenvalue weighted by Crippen LogP contribution is 2.23. The van der Waals surface area contributed by atoms with Gasteiger partial charge in [0.15, 0.2) is 0 Å². The third-order valence-corrected chi connectivity index (χ3v) is 5.49. The molecule has 0 spiro atoms. The van der Waals surface area contributed by atoms with E-state index in [1.807, 2.05) is 0 Å². The van der Waals surface area contributed by atoms with E-state index in [2.05, 4.69) is 10.6 Å². The second-order valence-corrected chi connectivity index (χ2v) is 8.07. The van der Waals surface area contributed by atoms with Crippen molar-refractivity contribution in [1.29, 1.82) is 0 Å². The Hall–Kier alpha value is -4.40. The van der Waals surface area contributed by atoms with Gasteiger partial charge in [-0.2, -0.15) is 0 Å². The van der Waals surface area contributed by atoms with E-state index < -0.39 is 35.8 Å². The Morgan fingerprint density at radius 3 is 1.34 bits per heavy atom. The molecule has 0 unspecified atom stereocenters. The number of aliphatic carboxylic acids is 2. The summed E-state index contributed by atoms with van der Waals surface area (Å²) in [4.78, 5) is 49.8. The number of rotatable bonds is 10. The molecule has 2 aromatic carbocycles. The zero-order valence-corrected chi connectivity index (χ0v) is 19.3. The zero-order chi connectivity index (χ0) is 25.5. The number of amides is 2. The van der Waals surface area contributed by atoms with E-state index >= 15 is 0 Å². The monoisotopic (exact) mass is 478 g/mol. The standard InChI is InChI=1S/C26H26N2O7/c1-15-21(23(29)27-19(25(31)32)13-17-9-5-3-6-10-17)22(16(2)35-15)24(30)28-20(26(33)34)14-18-11-7-4-8-12-18/h3-12,19-20H,13-14H2,1-2H3,(H,27,29)(H,28,30)(H,31,32)(H,33,34)/t19-,20-/m0/s1. The van der Waals surface area contributed by atoms with Gasteiger partial charge in [0, 0.05) is 12.8 Å². The van der Waals surface area contributed by atoms with Gasteiger partial charge in [-0.05, 0) is 25.0 Å². The Morgan fingerprint density at radius 2 is 1.03 bits per heavy atom. The van der Waals surface area contributed by atoms with Crippen molar-refractivity contribution in [1.82, 2.24) is 10.6 Å². The molecule has 2 atom stereocenters. The summed E-state index contributed by atoms with van der Waals surface area (Å²) in [6.45, 7) is 2.95. The lowest BCUT2D eigenvalue weighted by Gasteiger charge is -2.17. The molecule has 1 heterocycles. The van der Waals surface area contributed by atoms with Crippen molar-refractivity contribution in [3.05, 3.63) is 94.4 Å². The highest BCUT2D eigenvalue weighted by Gasteiger charge is 2.31. The molecule has 0 saturated heterocycles. The van der Waals surface area contributed by atoms with Gasteiger partial charge >= 0.3 is 11.9 Å². The van der Waals surface area contributed by atoms with Crippen LogP contribution in [0.3, 0.4) is 0 Å². The van der Waals surface area contributed by atoms with E-state index in [9.17, 15) is 29.4 Å². The van der Waals surface area contributed by atoms with Crippen molar-refractivity contribution in [2.24, 2.45) is 0 Å². The minimum Gasteiger partial charge on any atom is -0.480 e. The Morgan fingerprint density at radius 1 is 0.686 bits per heavy atom. The Kier molecular flexibility index (Phi) is 8.04. The fourth-order valence-corrected chi connectivity index (χ4v) is 3.79. The molecule has 9 nitrogen and oxygen atoms in total. The van der Waals surface area contributed by atoms with Crippen LogP contribution in [0.4, 0.5) is 0 Å². The summed E-state index contributed by atoms with van der Waals surface area (Å²) in [5, 5.41) is 24.1. The molecule has 182 valence electrons. The average Bonchev–Trinajstić information content (AvgIpc) is 3.13. The molecule has 9 heteroatoms. The van der Waals surface area contributed by atoms with Crippen molar-refractivity contribution in [2.75, 3.05) is 0 Å². The Bertz CT molecular complexity index is 1130. The van der Waals surface area contributed by atoms with Gasteiger partial charge in [0.2, 0.25) is 0 Å². The van der Waals surface area contributed by atoms with Gasteiger partial charge in [-0.3, -0.25) is 9.59 Å². The second kappa shape index (κ2) is 11.1. The molecular formula is C26H26N2O7. The summed E-state index contributed by atoms with van der Waals surface area (Å²) in [6, 6.07) is 15.1. The van der Waals surface area contributed by atoms with Gasteiger partial charge in [-0.15, -0.1) is 0 Å². The molecule has 2 amide bonds. The van der Waals surface area contributed by atoms with Gasteiger partial charge in [-0.25, -0.2) is 9.59 Å². The van der Waals surface area contributed by atoms with Crippen molar-refractivity contribution in [2.45, 2.75) is 38.8 Å². The number of hydrogen-bond acceptors (Lipinski definition) is 5. The van der Waals surface area contributed by atoms with Crippen LogP contribution in [0.2, 0.25) is 0 Å². The second-order valence-electron chi connectivity index (χ2n) is 8.07. The third-order valence-electron chi connectivity index (χ3n) is 5.49. The lowest BCUT2D eigenvalue weighted by molar-refractivity contribution is -0.140. The highest BCUT2D eigenvalue weighted by atomic mass is 16.4. The molecule has 3 rings (SSSR count). The van der Waals surface area contributed by atoms with Crippen LogP contribution >= 0.6 is 0 Å². The minimum atomic E-state index is -1.25. The summed E-state index contributed by atoms with van der Waals surface area (Å²) in [5.74, 6) is -3.85. The maximum atomic E-state index is 13.1. The molecule has 0 fully saturated rings. The Balaban J connectivity index is 1.82. The van der Waals surface area contributed by atoms with Crippen LogP contribution in [0.1, 0.15) is 43.4 Å². The molecular weight excluding hydrogens is 452 g/mol. The number of nitrogens with one attached hydrogen (secondary N) is 2. The molecule has 0 aliphatic carbocycles. The summed E-state index contributed by atoms with van der Waals surface area (Å²) in [5.41, 5.74) is 1.15. The van der Waals surface area contributed by atoms with Crippen LogP contribution in [-0.4, -0.2) is 46.0 Å². The number of carbonyl (C=O) groups is 4. The predicted octanol–water partition coefficient (Wildman–Crippen LogP) is 2.75. The van der Waals surface area contributed by atoms with Crippen molar-refractivity contribution in [3.8, 4) is 0 Å². The van der Waals surface area contributed by atoms with Gasteiger partial charge in [0.1, 0.15) is 23.6 Å². The molecule has 1 aromatic heterocycles. The van der Waals surface area contributed by atoms with Crippen LogP contribution in [0.25, 0.3) is 0 Å². The fourth-order valence-electron chi connectivity index (χ4n) is 3.79. The lowest BCUT2D eigenvalue weighted by atomic mass is 10.0. The molecule has 0 aliphatic rings. The summed E-state index contributed by atoms with van der Waals surface area (Å²) in [7, 11) is 0. The van der Waals surface area contributed by atoms with E-state index in [4.69, 9.17) is 4.42 Å². The first-order valence-electron chi connectivity index (χ1n) is 10.9. The van der Waals surface area contributed by atoms with Crippen molar-refractivity contribution >= 4 is 23.8 Å². The normalized spacial score (nSPS) is 12.4. The van der Waals surface area contributed by atoms with E-state index in [-0.39, 0.29) is 35.5 Å². The van der Waals surface area contributed by atoms with Crippen LogP contribution in [0.15, 0.2) is 65.1 Å². The van der Waals surface area contributed by atoms with E-state index in [1.54, 1.807) is 60.7 Å². The summed E-state index contributed by atoms with van der Waals surface area (Å²) >= 11 is 0. The SMILES string of the molecule is Cc1oc(C)c(C(=O)N[C@@H](Cc2ccccc2)C(=O)O)c1C(=O)N[C@@H](Cc1ccccc1)C(=O)O. The van der Waals surface area contributed by atoms with Crippen LogP contribution in [0, 0.1) is 13.8 Å². The quantitative estimate of drug-likeness (QED) is 0.350. The molecule has 0 aliphatic heterocycles. The molecule has 0 radical (unpaired) electrons. The molecule has 4 N–H and O–H groups in total. The van der Waals surface area contributed by atoms with Crippen LogP contribution < -0.4 is 10.6 Å². The van der Waals surface area contributed by atoms with E-state index in [0.717, 1.165) is 0 Å². The number of aryl methyl sites for hydroxylation is 2. The van der Waals surface area contributed by atoms with Gasteiger partial charge in [0.25, 0.3) is 11.8 Å². The number of carboxylic acids is 2. The topological polar surface area (TPSA) is 146 Å². The highest BCUT2D eigenvalue weighted by molar-refractivity contribution is 6.10. The molecule has 3 aromatic rings. The summed E-state index contributed by atoms with van der Waals surface area (Å²) in [6.07, 6.45) is 0.0783. The maximum Gasteiger partial charge on any atom is 0.326 e. The fraction of sp³-hybridized carbons (Fsp3) is 0.231. The van der Waals surface area contributed by atoms with E-state index in [1.165, 1.54) is 13.8 Å². The average molecular weight is 479 g/mol. The predicted molar refractivity (Wildman–Crippen MR) is 126 cm³/mol. The van der Waals surface area contributed by atoms with Crippen molar-refractivity contribution in [3.63, 3.8) is 0 Å². The largest absolute Gasteiger partial charge is 0.480 e. The molecule has 0 saturated carbocycles. The smallest absolute Gasteiger partial charge is 0.326 e. The number of furan rings is 1. The third kappa shape index (κ3) is 6.35. The first kappa shape index (κ1) is 25.2. The first-order chi connectivity index (χ1) is 16.7. The van der Waals surface area contributed by atoms with Gasteiger partial charge in [0.05, 0.1) is 11.1 Å². The van der Waals surface area contributed by atoms with Gasteiger partial charge in [-0.1, -0.05) is 60.7 Å². The minimum absolute atomic E-state index is 0.0392. The first-order valence-corrected chi connectivity index (χ1v) is 10.9. The number of benzene rings is 2.